The van der Waals surface area contributed by atoms with Gasteiger partial charge in [0.15, 0.2) is 0 Å². The first-order valence-corrected chi connectivity index (χ1v) is 6.57. The van der Waals surface area contributed by atoms with Crippen LogP contribution in [0.1, 0.15) is 12.1 Å². The van der Waals surface area contributed by atoms with Crippen LogP contribution in [0.15, 0.2) is 36.8 Å². The zero-order valence-corrected chi connectivity index (χ0v) is 11.5. The van der Waals surface area contributed by atoms with Gasteiger partial charge in [0.05, 0.1) is 12.2 Å². The van der Waals surface area contributed by atoms with E-state index in [4.69, 9.17) is 4.74 Å². The third-order valence-corrected chi connectivity index (χ3v) is 2.68. The molecule has 0 fully saturated rings. The minimum atomic E-state index is 0.640. The van der Waals surface area contributed by atoms with E-state index in [1.54, 1.807) is 19.6 Å². The first kappa shape index (κ1) is 14.2. The fourth-order valence-corrected chi connectivity index (χ4v) is 1.67. The van der Waals surface area contributed by atoms with Gasteiger partial charge in [-0.2, -0.15) is 0 Å². The highest BCUT2D eigenvalue weighted by atomic mass is 16.5. The molecule has 0 radical (unpaired) electrons. The van der Waals surface area contributed by atoms with Gasteiger partial charge in [-0.1, -0.05) is 6.07 Å². The summed E-state index contributed by atoms with van der Waals surface area (Å²) < 4.78 is 5.00. The van der Waals surface area contributed by atoms with E-state index in [0.717, 1.165) is 36.9 Å². The van der Waals surface area contributed by atoms with Gasteiger partial charge in [0.2, 0.25) is 0 Å². The van der Waals surface area contributed by atoms with Gasteiger partial charge in [0.1, 0.15) is 18.0 Å². The molecule has 0 bridgehead atoms. The summed E-state index contributed by atoms with van der Waals surface area (Å²) in [5, 5.41) is 6.46. The number of hydrogen-bond acceptors (Lipinski definition) is 6. The van der Waals surface area contributed by atoms with Crippen molar-refractivity contribution in [1.82, 2.24) is 15.0 Å². The Morgan fingerprint density at radius 2 is 1.95 bits per heavy atom. The summed E-state index contributed by atoms with van der Waals surface area (Å²) in [5.74, 6) is 1.58. The smallest absolute Gasteiger partial charge is 0.131 e. The van der Waals surface area contributed by atoms with Gasteiger partial charge in [-0.25, -0.2) is 9.97 Å². The molecule has 0 saturated heterocycles. The van der Waals surface area contributed by atoms with Crippen LogP contribution in [0.4, 0.5) is 11.6 Å². The van der Waals surface area contributed by atoms with Crippen molar-refractivity contribution in [1.29, 1.82) is 0 Å². The lowest BCUT2D eigenvalue weighted by atomic mass is 10.3. The van der Waals surface area contributed by atoms with Crippen LogP contribution < -0.4 is 10.6 Å². The van der Waals surface area contributed by atoms with Gasteiger partial charge in [-0.15, -0.1) is 0 Å². The van der Waals surface area contributed by atoms with Crippen molar-refractivity contribution in [3.63, 3.8) is 0 Å². The fourth-order valence-electron chi connectivity index (χ4n) is 1.67. The third-order valence-electron chi connectivity index (χ3n) is 2.68. The third kappa shape index (κ3) is 4.81. The molecule has 0 aliphatic heterocycles. The number of rotatable bonds is 8. The lowest BCUT2D eigenvalue weighted by molar-refractivity contribution is 0.198. The molecule has 0 saturated carbocycles. The molecule has 0 aliphatic carbocycles. The highest BCUT2D eigenvalue weighted by Gasteiger charge is 1.99. The monoisotopic (exact) mass is 273 g/mol. The van der Waals surface area contributed by atoms with E-state index in [1.807, 2.05) is 24.3 Å². The minimum absolute atomic E-state index is 0.640. The molecular formula is C14H19N5O. The molecule has 2 aromatic rings. The number of nitrogens with one attached hydrogen (secondary N) is 2. The summed E-state index contributed by atoms with van der Waals surface area (Å²) in [6, 6.07) is 7.72. The molecule has 0 unspecified atom stereocenters. The molecule has 0 aliphatic rings. The van der Waals surface area contributed by atoms with Crippen LogP contribution in [0.2, 0.25) is 0 Å². The first-order chi connectivity index (χ1) is 9.88. The maximum atomic E-state index is 5.00. The van der Waals surface area contributed by atoms with Crippen molar-refractivity contribution < 1.29 is 4.74 Å². The fraction of sp³-hybridized carbons (Fsp3) is 0.357. The molecular weight excluding hydrogens is 254 g/mol. The Labute approximate surface area is 118 Å². The Hall–Kier alpha value is -2.21. The lowest BCUT2D eigenvalue weighted by Gasteiger charge is -2.08. The second-order valence-electron chi connectivity index (χ2n) is 4.24. The van der Waals surface area contributed by atoms with E-state index in [0.29, 0.717) is 6.54 Å². The summed E-state index contributed by atoms with van der Waals surface area (Å²) in [7, 11) is 1.70. The Bertz CT molecular complexity index is 506. The SMILES string of the molecule is COCCCNc1cc(NCc2ccccn2)ncn1. The first-order valence-electron chi connectivity index (χ1n) is 6.57. The van der Waals surface area contributed by atoms with Crippen molar-refractivity contribution in [3.05, 3.63) is 42.5 Å². The number of nitrogens with zero attached hydrogens (tertiary/aromatic N) is 3. The van der Waals surface area contributed by atoms with Crippen LogP contribution in [-0.2, 0) is 11.3 Å². The lowest BCUT2D eigenvalue weighted by Crippen LogP contribution is -2.08. The topological polar surface area (TPSA) is 72.0 Å². The summed E-state index contributed by atoms with van der Waals surface area (Å²) in [6.45, 7) is 2.20. The number of anilines is 2. The molecule has 106 valence electrons. The maximum Gasteiger partial charge on any atom is 0.131 e. The molecule has 2 aromatic heterocycles. The summed E-state index contributed by atoms with van der Waals surface area (Å²) >= 11 is 0. The predicted molar refractivity (Wildman–Crippen MR) is 78.6 cm³/mol. The largest absolute Gasteiger partial charge is 0.385 e. The zero-order valence-electron chi connectivity index (χ0n) is 11.5. The Morgan fingerprint density at radius 3 is 2.70 bits per heavy atom. The van der Waals surface area contributed by atoms with E-state index in [1.165, 1.54) is 0 Å². The standard InChI is InChI=1S/C14H19N5O/c1-20-8-4-7-16-13-9-14(19-11-18-13)17-10-12-5-2-3-6-15-12/h2-3,5-6,9,11H,4,7-8,10H2,1H3,(H2,16,17,18,19). The van der Waals surface area contributed by atoms with E-state index < -0.39 is 0 Å². The second kappa shape index (κ2) is 8.06. The molecule has 6 heteroatoms. The molecule has 2 heterocycles. The molecule has 20 heavy (non-hydrogen) atoms. The average Bonchev–Trinajstić information content (AvgIpc) is 2.51. The second-order valence-corrected chi connectivity index (χ2v) is 4.24. The van der Waals surface area contributed by atoms with Gasteiger partial charge in [0.25, 0.3) is 0 Å². The molecule has 0 spiro atoms. The Kier molecular flexibility index (Phi) is 5.72. The molecule has 2 N–H and O–H groups in total. The van der Waals surface area contributed by atoms with Crippen molar-refractivity contribution in [3.8, 4) is 0 Å². The Balaban J connectivity index is 1.83. The summed E-state index contributed by atoms with van der Waals surface area (Å²) in [4.78, 5) is 12.6. The Morgan fingerprint density at radius 1 is 1.10 bits per heavy atom. The van der Waals surface area contributed by atoms with Gasteiger partial charge < -0.3 is 15.4 Å². The molecule has 0 atom stereocenters. The van der Waals surface area contributed by atoms with Crippen LogP contribution in [0.3, 0.4) is 0 Å². The number of methoxy groups -OCH3 is 1. The average molecular weight is 273 g/mol. The number of hydrogen-bond donors (Lipinski definition) is 2. The van der Waals surface area contributed by atoms with Gasteiger partial charge in [-0.3, -0.25) is 4.98 Å². The number of aromatic nitrogens is 3. The van der Waals surface area contributed by atoms with Crippen LogP contribution in [0, 0.1) is 0 Å². The van der Waals surface area contributed by atoms with Gasteiger partial charge in [-0.05, 0) is 18.6 Å². The summed E-state index contributed by atoms with van der Waals surface area (Å²) in [5.41, 5.74) is 0.973. The van der Waals surface area contributed by atoms with Crippen molar-refractivity contribution in [2.45, 2.75) is 13.0 Å². The number of ether oxygens (including phenoxy) is 1. The predicted octanol–water partition coefficient (Wildman–Crippen LogP) is 1.93. The molecule has 0 amide bonds. The van der Waals surface area contributed by atoms with E-state index in [9.17, 15) is 0 Å². The van der Waals surface area contributed by atoms with Crippen LogP contribution in [0.5, 0.6) is 0 Å². The van der Waals surface area contributed by atoms with E-state index in [2.05, 4.69) is 25.6 Å². The van der Waals surface area contributed by atoms with Gasteiger partial charge in [0, 0.05) is 32.5 Å². The quantitative estimate of drug-likeness (QED) is 0.716. The maximum absolute atomic E-state index is 5.00. The van der Waals surface area contributed by atoms with Crippen molar-refractivity contribution in [2.75, 3.05) is 30.9 Å². The minimum Gasteiger partial charge on any atom is -0.385 e. The normalized spacial score (nSPS) is 10.2. The van der Waals surface area contributed by atoms with E-state index >= 15 is 0 Å². The van der Waals surface area contributed by atoms with Gasteiger partial charge >= 0.3 is 0 Å². The molecule has 2 rings (SSSR count). The van der Waals surface area contributed by atoms with E-state index in [-0.39, 0.29) is 0 Å². The zero-order chi connectivity index (χ0) is 14.0. The van der Waals surface area contributed by atoms with Crippen LogP contribution in [-0.4, -0.2) is 35.2 Å². The highest BCUT2D eigenvalue weighted by Crippen LogP contribution is 2.09. The molecule has 6 nitrogen and oxygen atoms in total. The highest BCUT2D eigenvalue weighted by molar-refractivity contribution is 5.46. The van der Waals surface area contributed by atoms with Crippen molar-refractivity contribution in [2.24, 2.45) is 0 Å². The van der Waals surface area contributed by atoms with Crippen molar-refractivity contribution >= 4 is 11.6 Å². The molecule has 0 aromatic carbocycles. The summed E-state index contributed by atoms with van der Waals surface area (Å²) in [6.07, 6.45) is 4.26. The number of pyridine rings is 1. The van der Waals surface area contributed by atoms with Crippen LogP contribution >= 0.6 is 0 Å². The van der Waals surface area contributed by atoms with Crippen LogP contribution in [0.25, 0.3) is 0 Å².